The molecule has 0 unspecified atom stereocenters. The van der Waals surface area contributed by atoms with E-state index in [4.69, 9.17) is 11.5 Å². The molecule has 0 aliphatic heterocycles. The predicted molar refractivity (Wildman–Crippen MR) is 60.4 cm³/mol. The Bertz CT molecular complexity index is 324. The van der Waals surface area contributed by atoms with Crippen LogP contribution in [-0.4, -0.2) is 5.11 Å². The summed E-state index contributed by atoms with van der Waals surface area (Å²) >= 11 is 0. The minimum absolute atomic E-state index is 0.136. The van der Waals surface area contributed by atoms with Crippen molar-refractivity contribution in [2.24, 2.45) is 0 Å². The lowest BCUT2D eigenvalue weighted by atomic mass is 9.94. The highest BCUT2D eigenvalue weighted by Gasteiger charge is 2.15. The van der Waals surface area contributed by atoms with Gasteiger partial charge in [-0.15, -0.1) is 0 Å². The number of hydrogen-bond acceptors (Lipinski definition) is 3. The van der Waals surface area contributed by atoms with E-state index in [9.17, 15) is 5.11 Å². The number of hydrogen-bond donors (Lipinski definition) is 3. The van der Waals surface area contributed by atoms with Crippen LogP contribution >= 0.6 is 0 Å². The zero-order valence-electron chi connectivity index (χ0n) is 9.02. The van der Waals surface area contributed by atoms with E-state index in [1.165, 1.54) is 0 Å². The van der Waals surface area contributed by atoms with Crippen molar-refractivity contribution in [2.45, 2.75) is 33.6 Å². The molecule has 5 N–H and O–H groups in total. The molecule has 0 saturated carbocycles. The zero-order valence-corrected chi connectivity index (χ0v) is 9.02. The quantitative estimate of drug-likeness (QED) is 0.498. The minimum atomic E-state index is 0.136. The molecule has 3 nitrogen and oxygen atoms in total. The summed E-state index contributed by atoms with van der Waals surface area (Å²) in [5, 5.41) is 9.71. The molecule has 0 radical (unpaired) electrons. The average molecular weight is 194 g/mol. The van der Waals surface area contributed by atoms with Gasteiger partial charge < -0.3 is 16.6 Å². The van der Waals surface area contributed by atoms with Crippen molar-refractivity contribution < 1.29 is 5.11 Å². The van der Waals surface area contributed by atoms with Gasteiger partial charge in [-0.25, -0.2) is 0 Å². The van der Waals surface area contributed by atoms with Crippen LogP contribution in [0.2, 0.25) is 0 Å². The molecule has 0 bridgehead atoms. The fourth-order valence-electron chi connectivity index (χ4n) is 1.91. The predicted octanol–water partition coefficient (Wildman–Crippen LogP) is 1.99. The van der Waals surface area contributed by atoms with Gasteiger partial charge in [-0.1, -0.05) is 13.8 Å². The number of nitrogens with two attached hydrogens (primary N) is 2. The summed E-state index contributed by atoms with van der Waals surface area (Å²) in [6, 6.07) is 0. The van der Waals surface area contributed by atoms with E-state index in [0.29, 0.717) is 11.4 Å². The molecular formula is C11H18N2O. The zero-order chi connectivity index (χ0) is 10.9. The molecule has 78 valence electrons. The molecule has 1 aromatic carbocycles. The first-order chi connectivity index (χ1) is 6.54. The Morgan fingerprint density at radius 1 is 1.00 bits per heavy atom. The number of nitrogen functional groups attached to an aromatic ring is 2. The monoisotopic (exact) mass is 194 g/mol. The molecule has 0 aliphatic carbocycles. The van der Waals surface area contributed by atoms with E-state index in [0.717, 1.165) is 29.5 Å². The van der Waals surface area contributed by atoms with Crippen LogP contribution in [0.1, 0.15) is 30.5 Å². The molecular weight excluding hydrogens is 176 g/mol. The van der Waals surface area contributed by atoms with Gasteiger partial charge in [-0.3, -0.25) is 0 Å². The molecule has 3 heteroatoms. The van der Waals surface area contributed by atoms with Crippen molar-refractivity contribution in [2.75, 3.05) is 11.5 Å². The Hall–Kier alpha value is -1.38. The van der Waals surface area contributed by atoms with Crippen LogP contribution in [0.15, 0.2) is 0 Å². The van der Waals surface area contributed by atoms with E-state index in [1.54, 1.807) is 0 Å². The summed E-state index contributed by atoms with van der Waals surface area (Å²) in [5.74, 6) is 0.136. The molecule has 0 heterocycles. The lowest BCUT2D eigenvalue weighted by Crippen LogP contribution is -2.05. The molecule has 1 aromatic rings. The van der Waals surface area contributed by atoms with Crippen molar-refractivity contribution in [1.82, 2.24) is 0 Å². The van der Waals surface area contributed by atoms with Gasteiger partial charge in [0.25, 0.3) is 0 Å². The molecule has 0 atom stereocenters. The lowest BCUT2D eigenvalue weighted by molar-refractivity contribution is 0.473. The van der Waals surface area contributed by atoms with Gasteiger partial charge in [0.1, 0.15) is 5.75 Å². The first kappa shape index (κ1) is 10.7. The number of phenols is 1. The molecule has 0 aromatic heterocycles. The van der Waals surface area contributed by atoms with Crippen molar-refractivity contribution in [1.29, 1.82) is 0 Å². The first-order valence-corrected chi connectivity index (χ1v) is 4.92. The smallest absolute Gasteiger partial charge is 0.143 e. The lowest BCUT2D eigenvalue weighted by Gasteiger charge is -2.16. The van der Waals surface area contributed by atoms with Crippen molar-refractivity contribution in [3.63, 3.8) is 0 Å². The molecule has 0 amide bonds. The fourth-order valence-corrected chi connectivity index (χ4v) is 1.91. The maximum Gasteiger partial charge on any atom is 0.143 e. The fraction of sp³-hybridized carbons (Fsp3) is 0.455. The SMILES string of the molecule is CCc1c(C)c(O)c(N)c(N)c1CC. The van der Waals surface area contributed by atoms with Crippen LogP contribution in [0, 0.1) is 6.92 Å². The van der Waals surface area contributed by atoms with Gasteiger partial charge in [0.15, 0.2) is 0 Å². The standard InChI is InChI=1S/C11H18N2O/c1-4-7-6(3)11(14)10(13)9(12)8(7)5-2/h14H,4-5,12-13H2,1-3H3. The van der Waals surface area contributed by atoms with Crippen LogP contribution in [0.3, 0.4) is 0 Å². The highest BCUT2D eigenvalue weighted by atomic mass is 16.3. The highest BCUT2D eigenvalue weighted by molar-refractivity contribution is 5.78. The second-order valence-electron chi connectivity index (χ2n) is 3.47. The molecule has 0 fully saturated rings. The average Bonchev–Trinajstić information content (AvgIpc) is 2.20. The molecule has 14 heavy (non-hydrogen) atoms. The third-order valence-electron chi connectivity index (χ3n) is 2.75. The highest BCUT2D eigenvalue weighted by Crippen LogP contribution is 2.37. The van der Waals surface area contributed by atoms with Crippen molar-refractivity contribution >= 4 is 11.4 Å². The molecule has 0 aliphatic rings. The van der Waals surface area contributed by atoms with Crippen LogP contribution in [-0.2, 0) is 12.8 Å². The Kier molecular flexibility index (Phi) is 2.89. The Morgan fingerprint density at radius 3 is 1.93 bits per heavy atom. The second kappa shape index (κ2) is 3.78. The van der Waals surface area contributed by atoms with Gasteiger partial charge in [-0.2, -0.15) is 0 Å². The third-order valence-corrected chi connectivity index (χ3v) is 2.75. The van der Waals surface area contributed by atoms with Gasteiger partial charge >= 0.3 is 0 Å². The Labute approximate surface area is 84.7 Å². The van der Waals surface area contributed by atoms with E-state index >= 15 is 0 Å². The maximum absolute atomic E-state index is 9.71. The maximum atomic E-state index is 9.71. The number of anilines is 2. The summed E-state index contributed by atoms with van der Waals surface area (Å²) in [7, 11) is 0. The number of rotatable bonds is 2. The minimum Gasteiger partial charge on any atom is -0.505 e. The first-order valence-electron chi connectivity index (χ1n) is 4.92. The largest absolute Gasteiger partial charge is 0.505 e. The Balaban J connectivity index is 3.57. The van der Waals surface area contributed by atoms with E-state index in [-0.39, 0.29) is 5.75 Å². The normalized spacial score (nSPS) is 10.5. The summed E-state index contributed by atoms with van der Waals surface area (Å²) in [5.41, 5.74) is 15.5. The molecule has 0 saturated heterocycles. The second-order valence-corrected chi connectivity index (χ2v) is 3.47. The number of benzene rings is 1. The van der Waals surface area contributed by atoms with E-state index in [1.807, 2.05) is 13.8 Å². The van der Waals surface area contributed by atoms with Crippen LogP contribution in [0.25, 0.3) is 0 Å². The third kappa shape index (κ3) is 1.39. The summed E-state index contributed by atoms with van der Waals surface area (Å²) in [6.45, 7) is 5.97. The van der Waals surface area contributed by atoms with Gasteiger partial charge in [-0.05, 0) is 36.5 Å². The summed E-state index contributed by atoms with van der Waals surface area (Å²) < 4.78 is 0. The van der Waals surface area contributed by atoms with Crippen LogP contribution < -0.4 is 11.5 Å². The number of aromatic hydroxyl groups is 1. The van der Waals surface area contributed by atoms with Gasteiger partial charge in [0, 0.05) is 0 Å². The van der Waals surface area contributed by atoms with Crippen molar-refractivity contribution in [3.8, 4) is 5.75 Å². The van der Waals surface area contributed by atoms with Crippen molar-refractivity contribution in [3.05, 3.63) is 16.7 Å². The topological polar surface area (TPSA) is 72.3 Å². The van der Waals surface area contributed by atoms with Gasteiger partial charge in [0.05, 0.1) is 11.4 Å². The Morgan fingerprint density at radius 2 is 1.50 bits per heavy atom. The van der Waals surface area contributed by atoms with Gasteiger partial charge in [0.2, 0.25) is 0 Å². The number of phenolic OH excluding ortho intramolecular Hbond substituents is 1. The molecule has 1 rings (SSSR count). The van der Waals surface area contributed by atoms with Crippen LogP contribution in [0.4, 0.5) is 11.4 Å². The summed E-state index contributed by atoms with van der Waals surface area (Å²) in [4.78, 5) is 0. The van der Waals surface area contributed by atoms with Crippen LogP contribution in [0.5, 0.6) is 5.75 Å². The summed E-state index contributed by atoms with van der Waals surface area (Å²) in [6.07, 6.45) is 1.72. The van der Waals surface area contributed by atoms with E-state index in [2.05, 4.69) is 6.92 Å². The van der Waals surface area contributed by atoms with E-state index < -0.39 is 0 Å². The molecule has 0 spiro atoms.